The molecule has 2 aromatic rings. The van der Waals surface area contributed by atoms with Crippen molar-refractivity contribution in [2.45, 2.75) is 36.0 Å². The van der Waals surface area contributed by atoms with Gasteiger partial charge in [0.25, 0.3) is 0 Å². The van der Waals surface area contributed by atoms with Crippen LogP contribution in [0.25, 0.3) is 0 Å². The van der Waals surface area contributed by atoms with Crippen molar-refractivity contribution in [3.63, 3.8) is 0 Å². The first-order valence-electron chi connectivity index (χ1n) is 9.95. The topological polar surface area (TPSA) is 84.0 Å². The Balaban J connectivity index is 1.74. The van der Waals surface area contributed by atoms with E-state index < -0.39 is 20.0 Å². The van der Waals surface area contributed by atoms with Crippen LogP contribution >= 0.6 is 0 Å². The Labute approximate surface area is 179 Å². The fraction of sp³-hybridized carbons (Fsp3) is 0.429. The van der Waals surface area contributed by atoms with E-state index in [2.05, 4.69) is 13.8 Å². The molecule has 0 aromatic heterocycles. The van der Waals surface area contributed by atoms with E-state index in [1.54, 1.807) is 30.3 Å². The molecule has 0 aliphatic carbocycles. The van der Waals surface area contributed by atoms with Crippen molar-refractivity contribution in [3.8, 4) is 5.75 Å². The molecule has 7 nitrogen and oxygen atoms in total. The number of piperazine rings is 1. The van der Waals surface area contributed by atoms with Gasteiger partial charge in [-0.3, -0.25) is 0 Å². The molecule has 0 radical (unpaired) electrons. The molecule has 164 valence electrons. The van der Waals surface area contributed by atoms with E-state index in [0.717, 1.165) is 12.0 Å². The molecule has 30 heavy (non-hydrogen) atoms. The van der Waals surface area contributed by atoms with Gasteiger partial charge < -0.3 is 4.74 Å². The Bertz CT molecular complexity index is 1070. The third-order valence-electron chi connectivity index (χ3n) is 5.58. The van der Waals surface area contributed by atoms with Crippen molar-refractivity contribution in [1.29, 1.82) is 0 Å². The molecule has 1 heterocycles. The lowest BCUT2D eigenvalue weighted by Gasteiger charge is -2.33. The minimum Gasteiger partial charge on any atom is -0.495 e. The average molecular weight is 453 g/mol. The van der Waals surface area contributed by atoms with Gasteiger partial charge >= 0.3 is 0 Å². The number of nitrogens with zero attached hydrogens (tertiary/aromatic N) is 2. The fourth-order valence-electron chi connectivity index (χ4n) is 3.47. The molecule has 0 bridgehead atoms. The summed E-state index contributed by atoms with van der Waals surface area (Å²) in [4.78, 5) is 0.319. The van der Waals surface area contributed by atoms with Gasteiger partial charge in [-0.1, -0.05) is 38.1 Å². The number of sulfonamides is 2. The van der Waals surface area contributed by atoms with Gasteiger partial charge in [0.1, 0.15) is 10.6 Å². The minimum atomic E-state index is -3.77. The van der Waals surface area contributed by atoms with Crippen LogP contribution in [0.2, 0.25) is 0 Å². The van der Waals surface area contributed by atoms with Crippen molar-refractivity contribution < 1.29 is 21.6 Å². The lowest BCUT2D eigenvalue weighted by Crippen LogP contribution is -2.50. The molecular formula is C21H28N2O5S2. The Morgan fingerprint density at radius 2 is 1.40 bits per heavy atom. The van der Waals surface area contributed by atoms with E-state index in [-0.39, 0.29) is 41.7 Å². The van der Waals surface area contributed by atoms with Gasteiger partial charge in [-0.05, 0) is 42.2 Å². The molecule has 2 aromatic carbocycles. The lowest BCUT2D eigenvalue weighted by atomic mass is 9.99. The predicted octanol–water partition coefficient (Wildman–Crippen LogP) is 2.90. The third-order valence-corrected chi connectivity index (χ3v) is 9.43. The molecule has 0 unspecified atom stereocenters. The van der Waals surface area contributed by atoms with Crippen LogP contribution in [0.15, 0.2) is 58.3 Å². The maximum Gasteiger partial charge on any atom is 0.246 e. The summed E-state index contributed by atoms with van der Waals surface area (Å²) in [5, 5.41) is 0. The molecule has 0 N–H and O–H groups in total. The highest BCUT2D eigenvalue weighted by molar-refractivity contribution is 7.89. The van der Waals surface area contributed by atoms with E-state index >= 15 is 0 Å². The second-order valence-corrected chi connectivity index (χ2v) is 11.2. The highest BCUT2D eigenvalue weighted by atomic mass is 32.2. The summed E-state index contributed by atoms with van der Waals surface area (Å²) in [6.45, 7) is 4.57. The van der Waals surface area contributed by atoms with Gasteiger partial charge in [-0.25, -0.2) is 16.8 Å². The van der Waals surface area contributed by atoms with Gasteiger partial charge in [0.2, 0.25) is 20.0 Å². The van der Waals surface area contributed by atoms with Gasteiger partial charge in [0.05, 0.1) is 12.0 Å². The third kappa shape index (κ3) is 4.39. The van der Waals surface area contributed by atoms with E-state index in [1.807, 2.05) is 12.1 Å². The number of rotatable bonds is 7. The normalized spacial score (nSPS) is 17.6. The maximum atomic E-state index is 13.0. The summed E-state index contributed by atoms with van der Waals surface area (Å²) in [6.07, 6.45) is 0.981. The molecule has 1 aliphatic rings. The fourth-order valence-corrected chi connectivity index (χ4v) is 6.48. The van der Waals surface area contributed by atoms with E-state index in [1.165, 1.54) is 21.8 Å². The maximum absolute atomic E-state index is 13.0. The van der Waals surface area contributed by atoms with Crippen molar-refractivity contribution >= 4 is 20.0 Å². The number of hydrogen-bond acceptors (Lipinski definition) is 5. The number of benzene rings is 2. The van der Waals surface area contributed by atoms with Crippen LogP contribution in [0.3, 0.4) is 0 Å². The Hall–Kier alpha value is -1.94. The second kappa shape index (κ2) is 9.05. The van der Waals surface area contributed by atoms with Gasteiger partial charge in [0, 0.05) is 26.2 Å². The molecule has 1 saturated heterocycles. The molecule has 0 amide bonds. The summed E-state index contributed by atoms with van der Waals surface area (Å²) in [7, 11) is -6.02. The van der Waals surface area contributed by atoms with Crippen molar-refractivity contribution in [3.05, 3.63) is 54.1 Å². The standard InChI is InChI=1S/C21H28N2O5S2/c1-4-17(2)18-9-11-19(12-10-18)29(24,25)22-13-15-23(16-14-22)30(26,27)21-8-6-5-7-20(21)28-3/h5-12,17H,4,13-16H2,1-3H3/t17-/m1/s1. The number of hydrogen-bond donors (Lipinski definition) is 0. The Morgan fingerprint density at radius 3 is 1.93 bits per heavy atom. The van der Waals surface area contributed by atoms with Crippen molar-refractivity contribution in [2.24, 2.45) is 0 Å². The zero-order valence-corrected chi connectivity index (χ0v) is 19.1. The molecule has 3 rings (SSSR count). The van der Waals surface area contributed by atoms with E-state index in [4.69, 9.17) is 4.74 Å². The Kier molecular flexibility index (Phi) is 6.86. The molecular weight excluding hydrogens is 424 g/mol. The van der Waals surface area contributed by atoms with Gasteiger partial charge in [-0.15, -0.1) is 0 Å². The van der Waals surface area contributed by atoms with Crippen LogP contribution in [0.5, 0.6) is 5.75 Å². The van der Waals surface area contributed by atoms with Crippen LogP contribution in [0.4, 0.5) is 0 Å². The first-order chi connectivity index (χ1) is 14.2. The number of para-hydroxylation sites is 1. The van der Waals surface area contributed by atoms with Crippen LogP contribution in [-0.4, -0.2) is 58.7 Å². The van der Waals surface area contributed by atoms with Crippen molar-refractivity contribution in [2.75, 3.05) is 33.3 Å². The number of ether oxygens (including phenoxy) is 1. The van der Waals surface area contributed by atoms with Gasteiger partial charge in [-0.2, -0.15) is 8.61 Å². The van der Waals surface area contributed by atoms with Crippen LogP contribution < -0.4 is 4.74 Å². The average Bonchev–Trinajstić information content (AvgIpc) is 2.78. The first-order valence-corrected chi connectivity index (χ1v) is 12.8. The molecule has 1 aliphatic heterocycles. The lowest BCUT2D eigenvalue weighted by molar-refractivity contribution is 0.272. The zero-order valence-electron chi connectivity index (χ0n) is 17.5. The van der Waals surface area contributed by atoms with Crippen molar-refractivity contribution in [1.82, 2.24) is 8.61 Å². The monoisotopic (exact) mass is 452 g/mol. The largest absolute Gasteiger partial charge is 0.495 e. The minimum absolute atomic E-state index is 0.0874. The molecule has 1 atom stereocenters. The SMILES string of the molecule is CC[C@@H](C)c1ccc(S(=O)(=O)N2CCN(S(=O)(=O)c3ccccc3OC)CC2)cc1. The van der Waals surface area contributed by atoms with Crippen LogP contribution in [-0.2, 0) is 20.0 Å². The summed E-state index contributed by atoms with van der Waals surface area (Å²) >= 11 is 0. The molecule has 9 heteroatoms. The molecule has 0 saturated carbocycles. The summed E-state index contributed by atoms with van der Waals surface area (Å²) in [5.74, 6) is 0.638. The predicted molar refractivity (Wildman–Crippen MR) is 116 cm³/mol. The summed E-state index contributed by atoms with van der Waals surface area (Å²) < 4.78 is 59.8. The van der Waals surface area contributed by atoms with E-state index in [0.29, 0.717) is 5.92 Å². The molecule has 0 spiro atoms. The smallest absolute Gasteiger partial charge is 0.246 e. The number of methoxy groups -OCH3 is 1. The van der Waals surface area contributed by atoms with Gasteiger partial charge in [0.15, 0.2) is 0 Å². The summed E-state index contributed by atoms with van der Waals surface area (Å²) in [5.41, 5.74) is 1.10. The highest BCUT2D eigenvalue weighted by Gasteiger charge is 2.34. The zero-order chi connectivity index (χ0) is 21.9. The van der Waals surface area contributed by atoms with E-state index in [9.17, 15) is 16.8 Å². The Morgan fingerprint density at radius 1 is 0.867 bits per heavy atom. The summed E-state index contributed by atoms with van der Waals surface area (Å²) in [6, 6.07) is 13.4. The first kappa shape index (κ1) is 22.7. The second-order valence-electron chi connectivity index (χ2n) is 7.34. The highest BCUT2D eigenvalue weighted by Crippen LogP contribution is 2.28. The van der Waals surface area contributed by atoms with Crippen LogP contribution in [0, 0.1) is 0 Å². The van der Waals surface area contributed by atoms with Crippen LogP contribution in [0.1, 0.15) is 31.7 Å². The molecule has 1 fully saturated rings. The quantitative estimate of drug-likeness (QED) is 0.645.